The fourth-order valence-electron chi connectivity index (χ4n) is 2.88. The summed E-state index contributed by atoms with van der Waals surface area (Å²) in [4.78, 5) is 0. The van der Waals surface area contributed by atoms with Gasteiger partial charge in [-0.25, -0.2) is 0 Å². The molecule has 1 aliphatic carbocycles. The first-order chi connectivity index (χ1) is 8.42. The van der Waals surface area contributed by atoms with Crippen LogP contribution in [0.5, 0.6) is 5.75 Å². The molecule has 3 heterocycles. The van der Waals surface area contributed by atoms with Crippen molar-refractivity contribution in [1.82, 2.24) is 19.9 Å². The summed E-state index contributed by atoms with van der Waals surface area (Å²) in [6, 6.07) is 3.89. The minimum absolute atomic E-state index is 0.757. The number of piperidine rings is 1. The van der Waals surface area contributed by atoms with Crippen LogP contribution in [0.2, 0.25) is 0 Å². The van der Waals surface area contributed by atoms with Crippen LogP contribution in [-0.2, 0) is 0 Å². The summed E-state index contributed by atoms with van der Waals surface area (Å²) in [6.45, 7) is 3.18. The van der Waals surface area contributed by atoms with Gasteiger partial charge in [-0.05, 0) is 37.1 Å². The molecule has 1 saturated heterocycles. The second kappa shape index (κ2) is 3.43. The Morgan fingerprint density at radius 1 is 1.35 bits per heavy atom. The molecule has 0 spiro atoms. The molecule has 2 aliphatic rings. The highest BCUT2D eigenvalue weighted by atomic mass is 16.5. The maximum absolute atomic E-state index is 5.84. The van der Waals surface area contributed by atoms with Crippen molar-refractivity contribution in [3.63, 3.8) is 0 Å². The van der Waals surface area contributed by atoms with Crippen molar-refractivity contribution >= 4 is 5.65 Å². The number of rotatable bonds is 3. The lowest BCUT2D eigenvalue weighted by Crippen LogP contribution is -2.17. The number of nitrogens with zero attached hydrogens (tertiary/aromatic N) is 3. The fourth-order valence-corrected chi connectivity index (χ4v) is 2.88. The lowest BCUT2D eigenvalue weighted by Gasteiger charge is -2.08. The molecule has 2 unspecified atom stereocenters. The molecule has 1 N–H and O–H groups in total. The molecule has 0 amide bonds. The van der Waals surface area contributed by atoms with E-state index < -0.39 is 0 Å². The van der Waals surface area contributed by atoms with Gasteiger partial charge in [0, 0.05) is 5.92 Å². The van der Waals surface area contributed by atoms with Gasteiger partial charge in [0.25, 0.3) is 0 Å². The quantitative estimate of drug-likeness (QED) is 0.837. The summed E-state index contributed by atoms with van der Waals surface area (Å²) in [6.07, 6.45) is 3.63. The van der Waals surface area contributed by atoms with E-state index in [1.165, 1.54) is 13.1 Å². The van der Waals surface area contributed by atoms with Crippen molar-refractivity contribution in [1.29, 1.82) is 0 Å². The minimum atomic E-state index is 0.757. The molecule has 5 nitrogen and oxygen atoms in total. The maximum atomic E-state index is 5.84. The predicted octanol–water partition coefficient (Wildman–Crippen LogP) is 0.573. The van der Waals surface area contributed by atoms with Gasteiger partial charge in [-0.15, -0.1) is 10.2 Å². The van der Waals surface area contributed by atoms with Gasteiger partial charge < -0.3 is 10.1 Å². The topological polar surface area (TPSA) is 51.5 Å². The molecular weight excluding hydrogens is 216 g/mol. The number of hydrogen-bond donors (Lipinski definition) is 1. The Labute approximate surface area is 98.8 Å². The fraction of sp³-hybridized carbons (Fsp3) is 0.500. The van der Waals surface area contributed by atoms with Gasteiger partial charge in [0.2, 0.25) is 0 Å². The largest absolute Gasteiger partial charge is 0.492 e. The number of fused-ring (bicyclic) bond motifs is 2. The average molecular weight is 230 g/mol. The molecule has 2 aromatic rings. The van der Waals surface area contributed by atoms with Gasteiger partial charge in [0.15, 0.2) is 5.65 Å². The number of aromatic nitrogens is 3. The molecule has 88 valence electrons. The van der Waals surface area contributed by atoms with E-state index in [-0.39, 0.29) is 0 Å². The van der Waals surface area contributed by atoms with E-state index in [1.807, 2.05) is 22.7 Å². The van der Waals surface area contributed by atoms with E-state index in [0.29, 0.717) is 0 Å². The highest BCUT2D eigenvalue weighted by Gasteiger charge is 2.52. The van der Waals surface area contributed by atoms with Crippen LogP contribution >= 0.6 is 0 Å². The van der Waals surface area contributed by atoms with Crippen LogP contribution in [0.4, 0.5) is 0 Å². The first-order valence-electron chi connectivity index (χ1n) is 6.05. The van der Waals surface area contributed by atoms with Gasteiger partial charge in [0.05, 0.1) is 12.8 Å². The normalized spacial score (nSPS) is 30.5. The number of hydrogen-bond acceptors (Lipinski definition) is 4. The van der Waals surface area contributed by atoms with E-state index in [2.05, 4.69) is 15.5 Å². The molecule has 0 aromatic carbocycles. The van der Waals surface area contributed by atoms with Crippen molar-refractivity contribution in [2.24, 2.45) is 17.8 Å². The second-order valence-electron chi connectivity index (χ2n) is 4.92. The van der Waals surface area contributed by atoms with E-state index in [9.17, 15) is 0 Å². The third-order valence-corrected chi connectivity index (χ3v) is 3.98. The molecule has 17 heavy (non-hydrogen) atoms. The zero-order valence-corrected chi connectivity index (χ0v) is 9.41. The number of pyridine rings is 1. The molecule has 5 heteroatoms. The van der Waals surface area contributed by atoms with Crippen LogP contribution in [0.15, 0.2) is 24.7 Å². The van der Waals surface area contributed by atoms with Crippen molar-refractivity contribution in [3.05, 3.63) is 24.7 Å². The summed E-state index contributed by atoms with van der Waals surface area (Å²) >= 11 is 0. The molecule has 0 radical (unpaired) electrons. The van der Waals surface area contributed by atoms with Crippen molar-refractivity contribution in [2.75, 3.05) is 19.7 Å². The van der Waals surface area contributed by atoms with Crippen LogP contribution < -0.4 is 10.1 Å². The standard InChI is InChI=1S/C12H14N4O/c1-2-12-15-14-7-16(12)5-8(1)17-6-11-9-3-13-4-10(9)11/h1-2,5,7,9-11,13H,3-4,6H2. The molecule has 0 bridgehead atoms. The third-order valence-electron chi connectivity index (χ3n) is 3.98. The first kappa shape index (κ1) is 9.41. The van der Waals surface area contributed by atoms with Gasteiger partial charge in [-0.1, -0.05) is 0 Å². The van der Waals surface area contributed by atoms with Gasteiger partial charge >= 0.3 is 0 Å². The Bertz CT molecular complexity index is 542. The number of nitrogens with one attached hydrogen (secondary N) is 1. The minimum Gasteiger partial charge on any atom is -0.492 e. The summed E-state index contributed by atoms with van der Waals surface area (Å²) in [5.41, 5.74) is 0.852. The van der Waals surface area contributed by atoms with Crippen LogP contribution in [0, 0.1) is 17.8 Å². The van der Waals surface area contributed by atoms with E-state index in [4.69, 9.17) is 4.74 Å². The summed E-state index contributed by atoms with van der Waals surface area (Å²) < 4.78 is 7.72. The van der Waals surface area contributed by atoms with E-state index >= 15 is 0 Å². The van der Waals surface area contributed by atoms with E-state index in [0.717, 1.165) is 35.8 Å². The lowest BCUT2D eigenvalue weighted by molar-refractivity contribution is 0.279. The Kier molecular flexibility index (Phi) is 1.90. The van der Waals surface area contributed by atoms with E-state index in [1.54, 1.807) is 6.33 Å². The van der Waals surface area contributed by atoms with Crippen molar-refractivity contribution in [3.8, 4) is 5.75 Å². The third kappa shape index (κ3) is 1.50. The highest BCUT2D eigenvalue weighted by molar-refractivity contribution is 5.39. The molecule has 2 aromatic heterocycles. The smallest absolute Gasteiger partial charge is 0.160 e. The van der Waals surface area contributed by atoms with Crippen LogP contribution in [0.1, 0.15) is 0 Å². The summed E-state index contributed by atoms with van der Waals surface area (Å²) in [7, 11) is 0. The lowest BCUT2D eigenvalue weighted by atomic mass is 10.3. The molecule has 1 aliphatic heterocycles. The van der Waals surface area contributed by atoms with Gasteiger partial charge in [0.1, 0.15) is 12.1 Å². The zero-order valence-electron chi connectivity index (χ0n) is 9.41. The summed E-state index contributed by atoms with van der Waals surface area (Å²) in [5, 5.41) is 11.2. The molecular formula is C12H14N4O. The monoisotopic (exact) mass is 230 g/mol. The van der Waals surface area contributed by atoms with Gasteiger partial charge in [-0.3, -0.25) is 4.40 Å². The Hall–Kier alpha value is -1.62. The SMILES string of the molecule is c1cc2nncn2cc1OCC1C2CNCC21. The highest BCUT2D eigenvalue weighted by Crippen LogP contribution is 2.48. The first-order valence-corrected chi connectivity index (χ1v) is 6.05. The molecule has 2 atom stereocenters. The van der Waals surface area contributed by atoms with Crippen LogP contribution in [0.3, 0.4) is 0 Å². The predicted molar refractivity (Wildman–Crippen MR) is 61.8 cm³/mol. The van der Waals surface area contributed by atoms with Crippen molar-refractivity contribution < 1.29 is 4.74 Å². The zero-order chi connectivity index (χ0) is 11.2. The van der Waals surface area contributed by atoms with Crippen LogP contribution in [-0.4, -0.2) is 34.3 Å². The molecule has 4 rings (SSSR count). The van der Waals surface area contributed by atoms with Crippen LogP contribution in [0.25, 0.3) is 5.65 Å². The Morgan fingerprint density at radius 2 is 2.24 bits per heavy atom. The molecule has 2 fully saturated rings. The second-order valence-corrected chi connectivity index (χ2v) is 4.92. The average Bonchev–Trinajstić information content (AvgIpc) is 2.78. The molecule has 1 saturated carbocycles. The maximum Gasteiger partial charge on any atom is 0.160 e. The number of ether oxygens (including phenoxy) is 1. The van der Waals surface area contributed by atoms with Gasteiger partial charge in [-0.2, -0.15) is 0 Å². The Balaban J connectivity index is 1.44. The Morgan fingerprint density at radius 3 is 3.12 bits per heavy atom. The summed E-state index contributed by atoms with van der Waals surface area (Å²) in [5.74, 6) is 3.37. The van der Waals surface area contributed by atoms with Crippen molar-refractivity contribution in [2.45, 2.75) is 0 Å².